The van der Waals surface area contributed by atoms with Gasteiger partial charge in [-0.25, -0.2) is 0 Å². The van der Waals surface area contributed by atoms with Crippen molar-refractivity contribution in [1.29, 1.82) is 0 Å². The molecule has 1 aliphatic rings. The Kier molecular flexibility index (Phi) is 7.29. The fraction of sp³-hybridized carbons (Fsp3) is 0.385. The lowest BCUT2D eigenvalue weighted by molar-refractivity contribution is 0.0904. The molecule has 1 fully saturated rings. The molecule has 7 nitrogen and oxygen atoms in total. The highest BCUT2D eigenvalue weighted by molar-refractivity contribution is 5.93. The van der Waals surface area contributed by atoms with Crippen LogP contribution in [0, 0.1) is 5.92 Å². The van der Waals surface area contributed by atoms with Gasteiger partial charge in [0.25, 0.3) is 5.91 Å². The van der Waals surface area contributed by atoms with Crippen molar-refractivity contribution in [2.75, 3.05) is 33.9 Å². The van der Waals surface area contributed by atoms with Crippen LogP contribution >= 0.6 is 0 Å². The number of nitrogens with zero attached hydrogens (tertiary/aromatic N) is 2. The van der Waals surface area contributed by atoms with Gasteiger partial charge in [-0.3, -0.25) is 9.69 Å². The lowest BCUT2D eigenvalue weighted by atomic mass is 9.95. The highest BCUT2D eigenvalue weighted by Gasteiger charge is 2.26. The van der Waals surface area contributed by atoms with Crippen molar-refractivity contribution in [3.8, 4) is 22.8 Å². The van der Waals surface area contributed by atoms with Crippen molar-refractivity contribution < 1.29 is 18.8 Å². The SMILES string of the molecule is COc1ccc(-c2cc(C(=O)NC[C@@H](c3ccc(OC)cc3)N3CCC(C)CC3)no2)cc1. The molecule has 0 spiro atoms. The molecular formula is C26H31N3O4. The molecular weight excluding hydrogens is 418 g/mol. The number of hydrogen-bond donors (Lipinski definition) is 1. The quantitative estimate of drug-likeness (QED) is 0.543. The van der Waals surface area contributed by atoms with E-state index < -0.39 is 0 Å². The van der Waals surface area contributed by atoms with E-state index in [-0.39, 0.29) is 17.6 Å². The first-order valence-corrected chi connectivity index (χ1v) is 11.3. The standard InChI is InChI=1S/C26H31N3O4/c1-18-12-14-29(15-13-18)24(19-4-8-21(31-2)9-5-19)17-27-26(30)23-16-25(33-28-23)20-6-10-22(32-3)11-7-20/h4-11,16,18,24H,12-15,17H2,1-3H3,(H,27,30)/t24-/m0/s1. The van der Waals surface area contributed by atoms with Crippen LogP contribution in [0.5, 0.6) is 11.5 Å². The van der Waals surface area contributed by atoms with Crippen LogP contribution in [0.2, 0.25) is 0 Å². The summed E-state index contributed by atoms with van der Waals surface area (Å²) in [6.45, 7) is 4.81. The Balaban J connectivity index is 1.45. The molecule has 4 rings (SSSR count). The van der Waals surface area contributed by atoms with E-state index in [0.29, 0.717) is 12.3 Å². The minimum absolute atomic E-state index is 0.0836. The van der Waals surface area contributed by atoms with Gasteiger partial charge >= 0.3 is 0 Å². The number of carbonyl (C=O) groups is 1. The Morgan fingerprint density at radius 3 is 2.27 bits per heavy atom. The van der Waals surface area contributed by atoms with Gasteiger partial charge in [0.15, 0.2) is 11.5 Å². The molecule has 174 valence electrons. The molecule has 2 heterocycles. The highest BCUT2D eigenvalue weighted by Crippen LogP contribution is 2.28. The first-order valence-electron chi connectivity index (χ1n) is 11.3. The molecule has 0 unspecified atom stereocenters. The molecule has 1 saturated heterocycles. The maximum atomic E-state index is 12.9. The molecule has 1 N–H and O–H groups in total. The normalized spacial score (nSPS) is 15.7. The number of piperidine rings is 1. The lowest BCUT2D eigenvalue weighted by Crippen LogP contribution is -2.42. The van der Waals surface area contributed by atoms with Crippen LogP contribution < -0.4 is 14.8 Å². The van der Waals surface area contributed by atoms with Gasteiger partial charge in [-0.05, 0) is 73.8 Å². The van der Waals surface area contributed by atoms with E-state index in [1.807, 2.05) is 36.4 Å². The van der Waals surface area contributed by atoms with E-state index in [1.165, 1.54) is 0 Å². The van der Waals surface area contributed by atoms with E-state index in [2.05, 4.69) is 34.4 Å². The van der Waals surface area contributed by atoms with Crippen molar-refractivity contribution in [3.63, 3.8) is 0 Å². The van der Waals surface area contributed by atoms with Crippen LogP contribution in [-0.4, -0.2) is 49.8 Å². The molecule has 1 aromatic heterocycles. The molecule has 1 amide bonds. The van der Waals surface area contributed by atoms with Crippen LogP contribution in [0.4, 0.5) is 0 Å². The van der Waals surface area contributed by atoms with Gasteiger partial charge in [0.05, 0.1) is 20.3 Å². The maximum absolute atomic E-state index is 12.9. The number of methoxy groups -OCH3 is 2. The molecule has 1 aliphatic heterocycles. The second kappa shape index (κ2) is 10.5. The van der Waals surface area contributed by atoms with Crippen LogP contribution in [0.25, 0.3) is 11.3 Å². The van der Waals surface area contributed by atoms with Gasteiger partial charge in [0.1, 0.15) is 11.5 Å². The van der Waals surface area contributed by atoms with E-state index >= 15 is 0 Å². The van der Waals surface area contributed by atoms with E-state index in [4.69, 9.17) is 14.0 Å². The van der Waals surface area contributed by atoms with E-state index in [9.17, 15) is 4.79 Å². The summed E-state index contributed by atoms with van der Waals surface area (Å²) in [4.78, 5) is 15.3. The minimum Gasteiger partial charge on any atom is -0.497 e. The molecule has 0 radical (unpaired) electrons. The second-order valence-corrected chi connectivity index (χ2v) is 8.52. The Morgan fingerprint density at radius 2 is 1.67 bits per heavy atom. The summed E-state index contributed by atoms with van der Waals surface area (Å²) in [5, 5.41) is 7.05. The number of benzene rings is 2. The number of rotatable bonds is 8. The summed E-state index contributed by atoms with van der Waals surface area (Å²) < 4.78 is 15.9. The summed E-state index contributed by atoms with van der Waals surface area (Å²) in [6, 6.07) is 17.3. The first-order chi connectivity index (χ1) is 16.1. The predicted molar refractivity (Wildman–Crippen MR) is 127 cm³/mol. The average Bonchev–Trinajstić information content (AvgIpc) is 3.36. The van der Waals surface area contributed by atoms with Crippen molar-refractivity contribution in [3.05, 3.63) is 65.9 Å². The monoisotopic (exact) mass is 449 g/mol. The number of carbonyl (C=O) groups excluding carboxylic acids is 1. The zero-order chi connectivity index (χ0) is 23.2. The smallest absolute Gasteiger partial charge is 0.273 e. The van der Waals surface area contributed by atoms with Crippen molar-refractivity contribution >= 4 is 5.91 Å². The van der Waals surface area contributed by atoms with Gasteiger partial charge in [0.2, 0.25) is 0 Å². The number of hydrogen-bond acceptors (Lipinski definition) is 6. The van der Waals surface area contributed by atoms with Crippen LogP contribution in [-0.2, 0) is 0 Å². The number of ether oxygens (including phenoxy) is 2. The zero-order valence-electron chi connectivity index (χ0n) is 19.4. The van der Waals surface area contributed by atoms with E-state index in [1.54, 1.807) is 20.3 Å². The Hall–Kier alpha value is -3.32. The number of aromatic nitrogens is 1. The van der Waals surface area contributed by atoms with Crippen molar-refractivity contribution in [2.45, 2.75) is 25.8 Å². The van der Waals surface area contributed by atoms with Gasteiger partial charge in [-0.15, -0.1) is 0 Å². The zero-order valence-corrected chi connectivity index (χ0v) is 19.4. The molecule has 0 saturated carbocycles. The molecule has 1 atom stereocenters. The third-order valence-electron chi connectivity index (χ3n) is 6.33. The first kappa shape index (κ1) is 22.9. The summed E-state index contributed by atoms with van der Waals surface area (Å²) in [5.74, 6) is 2.61. The lowest BCUT2D eigenvalue weighted by Gasteiger charge is -2.37. The molecule has 2 aromatic carbocycles. The Bertz CT molecular complexity index is 1040. The van der Waals surface area contributed by atoms with Crippen LogP contribution in [0.15, 0.2) is 59.1 Å². The highest BCUT2D eigenvalue weighted by atomic mass is 16.5. The third-order valence-corrected chi connectivity index (χ3v) is 6.33. The number of likely N-dealkylation sites (tertiary alicyclic amines) is 1. The Morgan fingerprint density at radius 1 is 1.06 bits per heavy atom. The molecule has 0 bridgehead atoms. The molecule has 7 heteroatoms. The third kappa shape index (κ3) is 5.54. The minimum atomic E-state index is -0.248. The fourth-order valence-corrected chi connectivity index (χ4v) is 4.18. The van der Waals surface area contributed by atoms with Crippen LogP contribution in [0.3, 0.4) is 0 Å². The Labute approximate surface area is 194 Å². The molecule has 3 aromatic rings. The topological polar surface area (TPSA) is 76.8 Å². The summed E-state index contributed by atoms with van der Waals surface area (Å²) in [5.41, 5.74) is 2.26. The number of nitrogens with one attached hydrogen (secondary N) is 1. The van der Waals surface area contributed by atoms with Gasteiger partial charge in [-0.2, -0.15) is 0 Å². The summed E-state index contributed by atoms with van der Waals surface area (Å²) in [7, 11) is 3.28. The summed E-state index contributed by atoms with van der Waals surface area (Å²) >= 11 is 0. The molecule has 0 aliphatic carbocycles. The van der Waals surface area contributed by atoms with Gasteiger partial charge in [-0.1, -0.05) is 24.2 Å². The van der Waals surface area contributed by atoms with Gasteiger partial charge in [0, 0.05) is 18.2 Å². The largest absolute Gasteiger partial charge is 0.497 e. The fourth-order valence-electron chi connectivity index (χ4n) is 4.18. The van der Waals surface area contributed by atoms with Crippen molar-refractivity contribution in [1.82, 2.24) is 15.4 Å². The second-order valence-electron chi connectivity index (χ2n) is 8.52. The number of amides is 1. The van der Waals surface area contributed by atoms with Gasteiger partial charge < -0.3 is 19.3 Å². The molecule has 33 heavy (non-hydrogen) atoms. The predicted octanol–water partition coefficient (Wildman–Crippen LogP) is 4.56. The van der Waals surface area contributed by atoms with Crippen molar-refractivity contribution in [2.24, 2.45) is 5.92 Å². The van der Waals surface area contributed by atoms with Crippen LogP contribution in [0.1, 0.15) is 41.9 Å². The summed E-state index contributed by atoms with van der Waals surface area (Å²) in [6.07, 6.45) is 2.32. The van der Waals surface area contributed by atoms with E-state index in [0.717, 1.165) is 54.5 Å². The maximum Gasteiger partial charge on any atom is 0.273 e. The average molecular weight is 450 g/mol.